The number of fused-ring (bicyclic) bond motifs is 1. The van der Waals surface area contributed by atoms with Crippen LogP contribution < -0.4 is 0 Å². The minimum Gasteiger partial charge on any atom is -0.455 e. The standard InChI is InChI=1S/C42H35BrN6O/c1-2-3-23-38-44-26-27-48(38)29-30-24-25-37-36(28-30)39(43)40(50-37)34-21-13-14-22-35(34)41-45-47-49(46-41)42(31-15-7-4-8-16-31,32-17-9-5-10-18-32)33-19-11-6-12-20-33/h4-22,24-28H,2-3,23,29H2,1H3. The van der Waals surface area contributed by atoms with Gasteiger partial charge >= 0.3 is 0 Å². The molecule has 0 bridgehead atoms. The lowest BCUT2D eigenvalue weighted by Gasteiger charge is -2.34. The van der Waals surface area contributed by atoms with Crippen LogP contribution in [0, 0.1) is 0 Å². The van der Waals surface area contributed by atoms with Crippen molar-refractivity contribution in [2.24, 2.45) is 0 Å². The van der Waals surface area contributed by atoms with E-state index in [0.717, 1.165) is 80.7 Å². The molecule has 8 heteroatoms. The second-order valence-corrected chi connectivity index (χ2v) is 13.2. The number of aryl methyl sites for hydroxylation is 1. The van der Waals surface area contributed by atoms with Crippen LogP contribution in [0.25, 0.3) is 33.7 Å². The van der Waals surface area contributed by atoms with Gasteiger partial charge in [0.25, 0.3) is 0 Å². The van der Waals surface area contributed by atoms with Gasteiger partial charge in [-0.15, -0.1) is 15.0 Å². The topological polar surface area (TPSA) is 74.6 Å². The highest BCUT2D eigenvalue weighted by Gasteiger charge is 2.41. The number of halogens is 1. The van der Waals surface area contributed by atoms with Crippen LogP contribution in [0.1, 0.15) is 47.8 Å². The maximum Gasteiger partial charge on any atom is 0.205 e. The van der Waals surface area contributed by atoms with E-state index in [-0.39, 0.29) is 0 Å². The number of benzene rings is 5. The number of aromatic nitrogens is 6. The Bertz CT molecular complexity index is 2270. The number of nitrogens with zero attached hydrogens (tertiary/aromatic N) is 6. The van der Waals surface area contributed by atoms with Crippen molar-refractivity contribution < 1.29 is 4.42 Å². The van der Waals surface area contributed by atoms with Crippen molar-refractivity contribution in [3.05, 3.63) is 178 Å². The van der Waals surface area contributed by atoms with Crippen LogP contribution in [0.3, 0.4) is 0 Å². The van der Waals surface area contributed by atoms with E-state index in [4.69, 9.17) is 19.8 Å². The third-order valence-electron chi connectivity index (χ3n) is 9.30. The summed E-state index contributed by atoms with van der Waals surface area (Å²) in [6, 6.07) is 45.5. The van der Waals surface area contributed by atoms with Crippen molar-refractivity contribution in [1.82, 2.24) is 29.8 Å². The summed E-state index contributed by atoms with van der Waals surface area (Å²) in [7, 11) is 0. The van der Waals surface area contributed by atoms with Gasteiger partial charge < -0.3 is 8.98 Å². The quantitative estimate of drug-likeness (QED) is 0.125. The van der Waals surface area contributed by atoms with Crippen LogP contribution in [-0.4, -0.2) is 29.8 Å². The van der Waals surface area contributed by atoms with Crippen molar-refractivity contribution in [3.63, 3.8) is 0 Å². The van der Waals surface area contributed by atoms with Gasteiger partial charge in [-0.3, -0.25) is 0 Å². The molecule has 0 saturated carbocycles. The Morgan fingerprint density at radius 3 is 2.00 bits per heavy atom. The van der Waals surface area contributed by atoms with Gasteiger partial charge in [-0.1, -0.05) is 135 Å². The summed E-state index contributed by atoms with van der Waals surface area (Å²) in [4.78, 5) is 6.35. The molecule has 5 aromatic carbocycles. The predicted octanol–water partition coefficient (Wildman–Crippen LogP) is 9.94. The molecule has 0 spiro atoms. The zero-order valence-electron chi connectivity index (χ0n) is 27.7. The van der Waals surface area contributed by atoms with Crippen LogP contribution in [0.5, 0.6) is 0 Å². The molecule has 8 rings (SSSR count). The van der Waals surface area contributed by atoms with E-state index >= 15 is 0 Å². The van der Waals surface area contributed by atoms with Gasteiger partial charge in [-0.2, -0.15) is 0 Å². The van der Waals surface area contributed by atoms with E-state index in [2.05, 4.69) is 124 Å². The highest BCUT2D eigenvalue weighted by molar-refractivity contribution is 9.10. The van der Waals surface area contributed by atoms with Crippen LogP contribution in [0.2, 0.25) is 0 Å². The third kappa shape index (κ3) is 5.65. The number of hydrogen-bond donors (Lipinski definition) is 0. The van der Waals surface area contributed by atoms with Crippen molar-refractivity contribution >= 4 is 26.9 Å². The lowest BCUT2D eigenvalue weighted by atomic mass is 9.77. The van der Waals surface area contributed by atoms with Crippen LogP contribution in [0.4, 0.5) is 0 Å². The Morgan fingerprint density at radius 2 is 1.36 bits per heavy atom. The molecule has 3 heterocycles. The van der Waals surface area contributed by atoms with Gasteiger partial charge in [0.1, 0.15) is 17.2 Å². The van der Waals surface area contributed by atoms with Gasteiger partial charge in [0.05, 0.1) is 4.47 Å². The summed E-state index contributed by atoms with van der Waals surface area (Å²) in [6.07, 6.45) is 7.19. The Kier molecular flexibility index (Phi) is 8.69. The van der Waals surface area contributed by atoms with E-state index in [1.165, 1.54) is 5.56 Å². The fourth-order valence-corrected chi connectivity index (χ4v) is 7.46. The van der Waals surface area contributed by atoms with Gasteiger partial charge in [0.15, 0.2) is 5.54 Å². The number of imidazole rings is 1. The molecule has 0 aliphatic heterocycles. The Balaban J connectivity index is 1.22. The van der Waals surface area contributed by atoms with Gasteiger partial charge in [0.2, 0.25) is 5.82 Å². The second-order valence-electron chi connectivity index (χ2n) is 12.4. The third-order valence-corrected chi connectivity index (χ3v) is 10.1. The monoisotopic (exact) mass is 718 g/mol. The normalized spacial score (nSPS) is 11.7. The Labute approximate surface area is 299 Å². The fraction of sp³-hybridized carbons (Fsp3) is 0.143. The number of unbranched alkanes of at least 4 members (excludes halogenated alkanes) is 1. The summed E-state index contributed by atoms with van der Waals surface area (Å²) in [5.74, 6) is 2.33. The average molecular weight is 720 g/mol. The van der Waals surface area contributed by atoms with Crippen LogP contribution >= 0.6 is 15.9 Å². The van der Waals surface area contributed by atoms with E-state index in [0.29, 0.717) is 5.82 Å². The minimum absolute atomic E-state index is 0.500. The molecule has 0 N–H and O–H groups in total. The maximum atomic E-state index is 6.55. The van der Waals surface area contributed by atoms with E-state index in [1.807, 2.05) is 54.7 Å². The molecular weight excluding hydrogens is 684 g/mol. The van der Waals surface area contributed by atoms with Gasteiger partial charge in [0, 0.05) is 41.9 Å². The minimum atomic E-state index is -0.869. The number of hydrogen-bond acceptors (Lipinski definition) is 5. The van der Waals surface area contributed by atoms with E-state index < -0.39 is 5.54 Å². The number of tetrazole rings is 1. The lowest BCUT2D eigenvalue weighted by Crippen LogP contribution is -2.39. The maximum absolute atomic E-state index is 6.55. The van der Waals surface area contributed by atoms with Crippen molar-refractivity contribution in [2.45, 2.75) is 38.3 Å². The summed E-state index contributed by atoms with van der Waals surface area (Å²) in [5, 5.41) is 15.7. The Hall–Kier alpha value is -5.60. The van der Waals surface area contributed by atoms with E-state index in [1.54, 1.807) is 4.80 Å². The summed E-state index contributed by atoms with van der Waals surface area (Å²) in [5.41, 5.74) is 5.88. The molecule has 50 heavy (non-hydrogen) atoms. The highest BCUT2D eigenvalue weighted by atomic mass is 79.9. The van der Waals surface area contributed by atoms with Crippen molar-refractivity contribution in [3.8, 4) is 22.7 Å². The molecule has 0 fully saturated rings. The average Bonchev–Trinajstić information content (AvgIpc) is 3.92. The van der Waals surface area contributed by atoms with Crippen molar-refractivity contribution in [1.29, 1.82) is 0 Å². The molecule has 8 aromatic rings. The molecule has 3 aromatic heterocycles. The molecule has 0 radical (unpaired) electrons. The predicted molar refractivity (Wildman–Crippen MR) is 201 cm³/mol. The Morgan fingerprint density at radius 1 is 0.740 bits per heavy atom. The molecule has 0 unspecified atom stereocenters. The zero-order chi connectivity index (χ0) is 33.9. The zero-order valence-corrected chi connectivity index (χ0v) is 29.2. The first-order valence-corrected chi connectivity index (χ1v) is 17.7. The van der Waals surface area contributed by atoms with Gasteiger partial charge in [-0.05, 0) is 62.0 Å². The molecule has 0 saturated heterocycles. The van der Waals surface area contributed by atoms with E-state index in [9.17, 15) is 0 Å². The molecule has 7 nitrogen and oxygen atoms in total. The smallest absolute Gasteiger partial charge is 0.205 e. The summed E-state index contributed by atoms with van der Waals surface area (Å²) in [6.45, 7) is 2.95. The number of rotatable bonds is 11. The number of furan rings is 1. The van der Waals surface area contributed by atoms with Crippen LogP contribution in [-0.2, 0) is 18.5 Å². The first-order chi connectivity index (χ1) is 24.7. The fourth-order valence-electron chi connectivity index (χ4n) is 6.85. The molecule has 0 atom stereocenters. The molecule has 246 valence electrons. The van der Waals surface area contributed by atoms with Gasteiger partial charge in [-0.25, -0.2) is 4.98 Å². The molecule has 0 amide bonds. The molecule has 0 aliphatic rings. The highest BCUT2D eigenvalue weighted by Crippen LogP contribution is 2.43. The first-order valence-electron chi connectivity index (χ1n) is 16.9. The lowest BCUT2D eigenvalue weighted by molar-refractivity contribution is 0.396. The summed E-state index contributed by atoms with van der Waals surface area (Å²) < 4.78 is 9.67. The first kappa shape index (κ1) is 31.7. The summed E-state index contributed by atoms with van der Waals surface area (Å²) >= 11 is 3.91. The second kappa shape index (κ2) is 13.7. The largest absolute Gasteiger partial charge is 0.455 e. The molecular formula is C42H35BrN6O. The van der Waals surface area contributed by atoms with Crippen molar-refractivity contribution in [2.75, 3.05) is 0 Å². The molecule has 0 aliphatic carbocycles. The SMILES string of the molecule is CCCCc1nccn1Cc1ccc2oc(-c3ccccc3-c3nnn(C(c4ccccc4)(c4ccccc4)c4ccccc4)n3)c(Br)c2c1. The van der Waals surface area contributed by atoms with Crippen LogP contribution in [0.15, 0.2) is 155 Å².